The monoisotopic (exact) mass is 446 g/mol. The number of sulfonamides is 1. The summed E-state index contributed by atoms with van der Waals surface area (Å²) in [5.74, 6) is 0.234. The number of piperidine rings is 1. The van der Waals surface area contributed by atoms with Crippen molar-refractivity contribution in [1.29, 1.82) is 0 Å². The Bertz CT molecular complexity index is 1050. The van der Waals surface area contributed by atoms with E-state index in [9.17, 15) is 13.2 Å². The second-order valence-electron chi connectivity index (χ2n) is 8.52. The molecule has 9 heteroatoms. The van der Waals surface area contributed by atoms with E-state index in [1.54, 1.807) is 6.07 Å². The van der Waals surface area contributed by atoms with Crippen LogP contribution in [0.5, 0.6) is 0 Å². The maximum absolute atomic E-state index is 13.1. The zero-order valence-electron chi connectivity index (χ0n) is 16.8. The van der Waals surface area contributed by atoms with E-state index in [-0.39, 0.29) is 11.8 Å². The number of nitrogens with zero attached hydrogens (tertiary/aromatic N) is 3. The van der Waals surface area contributed by atoms with Gasteiger partial charge in [0.25, 0.3) is 0 Å². The minimum absolute atomic E-state index is 0.0840. The molecule has 1 aromatic carbocycles. The Morgan fingerprint density at radius 3 is 2.50 bits per heavy atom. The average molecular weight is 447 g/mol. The Morgan fingerprint density at radius 2 is 1.77 bits per heavy atom. The van der Waals surface area contributed by atoms with Crippen LogP contribution in [-0.2, 0) is 27.7 Å². The fraction of sp³-hybridized carbons (Fsp3) is 0.571. The van der Waals surface area contributed by atoms with Gasteiger partial charge in [0, 0.05) is 24.9 Å². The van der Waals surface area contributed by atoms with Gasteiger partial charge in [-0.1, -0.05) is 17.4 Å². The highest BCUT2D eigenvalue weighted by atomic mass is 32.2. The molecule has 3 aliphatic rings. The molecular weight excluding hydrogens is 420 g/mol. The van der Waals surface area contributed by atoms with Crippen LogP contribution in [0.4, 0.5) is 5.13 Å². The standard InChI is InChI=1S/C21H26N4O3S2/c26-19(22-21-24-23-20(29-21)16-5-6-16)15-9-11-25(12-10-15)30(27,28)18-8-7-14-3-1-2-4-17(14)13-18/h7-8,13,15-16H,1-6,9-12H2,(H,22,24,26). The minimum atomic E-state index is -3.52. The number of carbonyl (C=O) groups is 1. The topological polar surface area (TPSA) is 92.3 Å². The number of amides is 1. The summed E-state index contributed by atoms with van der Waals surface area (Å²) in [5.41, 5.74) is 2.44. The summed E-state index contributed by atoms with van der Waals surface area (Å²) in [6.07, 6.45) is 7.62. The van der Waals surface area contributed by atoms with Crippen LogP contribution in [0, 0.1) is 5.92 Å². The van der Waals surface area contributed by atoms with Crippen molar-refractivity contribution in [1.82, 2.24) is 14.5 Å². The fourth-order valence-electron chi connectivity index (χ4n) is 4.37. The predicted octanol–water partition coefficient (Wildman–Crippen LogP) is 3.33. The number of aromatic nitrogens is 2. The smallest absolute Gasteiger partial charge is 0.243 e. The van der Waals surface area contributed by atoms with Crippen LogP contribution >= 0.6 is 11.3 Å². The zero-order valence-corrected chi connectivity index (χ0v) is 18.5. The lowest BCUT2D eigenvalue weighted by Crippen LogP contribution is -2.41. The molecule has 0 unspecified atom stereocenters. The van der Waals surface area contributed by atoms with Gasteiger partial charge in [0.05, 0.1) is 4.90 Å². The lowest BCUT2D eigenvalue weighted by atomic mass is 9.92. The van der Waals surface area contributed by atoms with Gasteiger partial charge >= 0.3 is 0 Å². The Hall–Kier alpha value is -1.84. The molecule has 0 spiro atoms. The summed E-state index contributed by atoms with van der Waals surface area (Å²) in [5, 5.41) is 12.6. The molecule has 2 aliphatic carbocycles. The molecular formula is C21H26N4O3S2. The van der Waals surface area contributed by atoms with E-state index < -0.39 is 10.0 Å². The molecule has 2 fully saturated rings. The predicted molar refractivity (Wildman–Crippen MR) is 115 cm³/mol. The zero-order chi connectivity index (χ0) is 20.7. The minimum Gasteiger partial charge on any atom is -0.300 e. The van der Waals surface area contributed by atoms with E-state index in [1.165, 1.54) is 33.2 Å². The van der Waals surface area contributed by atoms with Gasteiger partial charge in [-0.15, -0.1) is 10.2 Å². The van der Waals surface area contributed by atoms with Crippen molar-refractivity contribution in [3.05, 3.63) is 34.3 Å². The highest BCUT2D eigenvalue weighted by Gasteiger charge is 2.33. The van der Waals surface area contributed by atoms with Gasteiger partial charge in [0.1, 0.15) is 5.01 Å². The molecule has 1 saturated heterocycles. The second-order valence-corrected chi connectivity index (χ2v) is 11.5. The van der Waals surface area contributed by atoms with E-state index in [2.05, 4.69) is 15.5 Å². The van der Waals surface area contributed by atoms with E-state index in [0.717, 1.165) is 37.1 Å². The summed E-state index contributed by atoms with van der Waals surface area (Å²) in [4.78, 5) is 13.0. The molecule has 2 aromatic rings. The molecule has 1 saturated carbocycles. The first-order chi connectivity index (χ1) is 14.5. The number of hydrogen-bond donors (Lipinski definition) is 1. The van der Waals surface area contributed by atoms with Gasteiger partial charge in [0.2, 0.25) is 21.1 Å². The van der Waals surface area contributed by atoms with Crippen LogP contribution in [0.3, 0.4) is 0 Å². The maximum atomic E-state index is 13.1. The van der Waals surface area contributed by atoms with Crippen LogP contribution in [0.1, 0.15) is 60.6 Å². The lowest BCUT2D eigenvalue weighted by Gasteiger charge is -2.30. The van der Waals surface area contributed by atoms with Crippen molar-refractivity contribution < 1.29 is 13.2 Å². The number of aryl methyl sites for hydroxylation is 2. The van der Waals surface area contributed by atoms with Crippen molar-refractivity contribution in [3.8, 4) is 0 Å². The summed E-state index contributed by atoms with van der Waals surface area (Å²) in [7, 11) is -3.52. The molecule has 30 heavy (non-hydrogen) atoms. The van der Waals surface area contributed by atoms with Crippen molar-refractivity contribution in [2.75, 3.05) is 18.4 Å². The first kappa shape index (κ1) is 20.1. The van der Waals surface area contributed by atoms with Gasteiger partial charge in [-0.3, -0.25) is 4.79 Å². The third-order valence-electron chi connectivity index (χ3n) is 6.38. The van der Waals surface area contributed by atoms with E-state index in [1.807, 2.05) is 12.1 Å². The van der Waals surface area contributed by atoms with Crippen molar-refractivity contribution in [2.45, 2.75) is 62.2 Å². The van der Waals surface area contributed by atoms with E-state index in [0.29, 0.717) is 41.9 Å². The third kappa shape index (κ3) is 4.02. The number of rotatable bonds is 5. The molecule has 1 N–H and O–H groups in total. The highest BCUT2D eigenvalue weighted by Crippen LogP contribution is 2.42. The molecule has 0 radical (unpaired) electrons. The Kier molecular flexibility index (Phi) is 5.37. The highest BCUT2D eigenvalue weighted by molar-refractivity contribution is 7.89. The fourth-order valence-corrected chi connectivity index (χ4v) is 6.80. The van der Waals surface area contributed by atoms with Gasteiger partial charge in [0.15, 0.2) is 0 Å². The van der Waals surface area contributed by atoms with Crippen LogP contribution < -0.4 is 5.32 Å². The SMILES string of the molecule is O=C(Nc1nnc(C2CC2)s1)C1CCN(S(=O)(=O)c2ccc3c(c2)CCCC3)CC1. The number of carbonyl (C=O) groups excluding carboxylic acids is 1. The van der Waals surface area contributed by atoms with Crippen LogP contribution in [0.2, 0.25) is 0 Å². The maximum Gasteiger partial charge on any atom is 0.243 e. The molecule has 0 bridgehead atoms. The Labute approximate surface area is 180 Å². The van der Waals surface area contributed by atoms with Crippen LogP contribution in [0.25, 0.3) is 0 Å². The summed E-state index contributed by atoms with van der Waals surface area (Å²) >= 11 is 1.45. The number of fused-ring (bicyclic) bond motifs is 1. The number of anilines is 1. The summed E-state index contributed by atoms with van der Waals surface area (Å²) < 4.78 is 27.8. The third-order valence-corrected chi connectivity index (χ3v) is 9.28. The first-order valence-electron chi connectivity index (χ1n) is 10.8. The van der Waals surface area contributed by atoms with Gasteiger partial charge in [-0.05, 0) is 74.6 Å². The van der Waals surface area contributed by atoms with E-state index in [4.69, 9.17) is 0 Å². The Balaban J connectivity index is 1.21. The van der Waals surface area contributed by atoms with Gasteiger partial charge in [-0.25, -0.2) is 8.42 Å². The molecule has 5 rings (SSSR count). The number of benzene rings is 1. The number of nitrogens with one attached hydrogen (secondary N) is 1. The summed E-state index contributed by atoms with van der Waals surface area (Å²) in [6, 6.07) is 5.57. The molecule has 7 nitrogen and oxygen atoms in total. The van der Waals surface area contributed by atoms with Crippen molar-refractivity contribution in [3.63, 3.8) is 0 Å². The first-order valence-corrected chi connectivity index (χ1v) is 13.0. The van der Waals surface area contributed by atoms with Crippen molar-refractivity contribution >= 4 is 32.4 Å². The molecule has 1 amide bonds. The molecule has 2 heterocycles. The molecule has 0 atom stereocenters. The molecule has 1 aliphatic heterocycles. The molecule has 160 valence electrons. The largest absolute Gasteiger partial charge is 0.300 e. The normalized spacial score (nSPS) is 20.7. The van der Waals surface area contributed by atoms with Gasteiger partial charge in [-0.2, -0.15) is 4.31 Å². The quantitative estimate of drug-likeness (QED) is 0.761. The molecule has 1 aromatic heterocycles. The second kappa shape index (κ2) is 8.01. The van der Waals surface area contributed by atoms with Crippen molar-refractivity contribution in [2.24, 2.45) is 5.92 Å². The van der Waals surface area contributed by atoms with Crippen LogP contribution in [0.15, 0.2) is 23.1 Å². The summed E-state index contributed by atoms with van der Waals surface area (Å²) in [6.45, 7) is 0.724. The van der Waals surface area contributed by atoms with Crippen LogP contribution in [-0.4, -0.2) is 41.9 Å². The lowest BCUT2D eigenvalue weighted by molar-refractivity contribution is -0.120. The van der Waals surface area contributed by atoms with Gasteiger partial charge < -0.3 is 5.32 Å². The Morgan fingerprint density at radius 1 is 1.03 bits per heavy atom. The number of hydrogen-bond acceptors (Lipinski definition) is 6. The average Bonchev–Trinajstić information content (AvgIpc) is 3.52. The van der Waals surface area contributed by atoms with E-state index >= 15 is 0 Å².